The molecule has 0 radical (unpaired) electrons. The maximum atomic E-state index is 10.8. The van der Waals surface area contributed by atoms with Gasteiger partial charge in [-0.1, -0.05) is 0 Å². The van der Waals surface area contributed by atoms with Crippen LogP contribution in [0.5, 0.6) is 11.5 Å². The van der Waals surface area contributed by atoms with Crippen molar-refractivity contribution in [2.24, 2.45) is 10.8 Å². The first-order valence-corrected chi connectivity index (χ1v) is 7.80. The van der Waals surface area contributed by atoms with Crippen LogP contribution in [0.2, 0.25) is 0 Å². The smallest absolute Gasteiger partial charge is 0.255 e. The first kappa shape index (κ1) is 16.2. The summed E-state index contributed by atoms with van der Waals surface area (Å²) in [4.78, 5) is 10.8. The Balaban J connectivity index is 1.81. The van der Waals surface area contributed by atoms with E-state index in [0.717, 1.165) is 24.2 Å². The summed E-state index contributed by atoms with van der Waals surface area (Å²) < 4.78 is 12.7. The lowest BCUT2D eigenvalue weighted by Gasteiger charge is -2.09. The number of primary amides is 1. The number of nitrogens with zero attached hydrogens (tertiary/aromatic N) is 3. The van der Waals surface area contributed by atoms with Gasteiger partial charge in [0.1, 0.15) is 0 Å². The number of hydrogen-bond donors (Lipinski definition) is 2. The van der Waals surface area contributed by atoms with E-state index in [1.165, 1.54) is 7.11 Å². The molecular weight excluding hydrogens is 330 g/mol. The lowest BCUT2D eigenvalue weighted by molar-refractivity contribution is -0.119. The zero-order chi connectivity index (χ0) is 17.1. The van der Waals surface area contributed by atoms with Crippen molar-refractivity contribution in [3.05, 3.63) is 34.4 Å². The zero-order valence-corrected chi connectivity index (χ0v) is 13.9. The number of nitrogens with two attached hydrogens (primary N) is 1. The van der Waals surface area contributed by atoms with E-state index in [1.54, 1.807) is 29.1 Å². The maximum absolute atomic E-state index is 10.8. The average molecular weight is 347 g/mol. The van der Waals surface area contributed by atoms with E-state index in [2.05, 4.69) is 15.3 Å². The highest BCUT2D eigenvalue weighted by Crippen LogP contribution is 2.38. The molecule has 1 amide bonds. The third-order valence-electron chi connectivity index (χ3n) is 3.50. The minimum atomic E-state index is -0.551. The number of aromatic nitrogens is 3. The highest BCUT2D eigenvalue weighted by atomic mass is 32.1. The quantitative estimate of drug-likeness (QED) is 0.584. The molecular formula is C15H17N5O3S. The standard InChI is InChI=1S/C15H17N5O3S/c1-22-12-6-9(2-5-11(12)23-8-13(16)21)7-17-20-14(10-3-4-10)18-19-15(20)24/h2,5-7,10H,3-4,8H2,1H3,(H2,16,21)(H,19,24)/b17-7-. The van der Waals surface area contributed by atoms with Crippen molar-refractivity contribution in [3.8, 4) is 11.5 Å². The second-order valence-corrected chi connectivity index (χ2v) is 5.77. The molecule has 1 aromatic carbocycles. The highest BCUT2D eigenvalue weighted by Gasteiger charge is 2.29. The number of ether oxygens (including phenoxy) is 2. The molecule has 0 spiro atoms. The second kappa shape index (κ2) is 6.83. The lowest BCUT2D eigenvalue weighted by atomic mass is 10.2. The van der Waals surface area contributed by atoms with Gasteiger partial charge >= 0.3 is 0 Å². The molecule has 1 saturated carbocycles. The summed E-state index contributed by atoms with van der Waals surface area (Å²) in [6, 6.07) is 5.24. The molecule has 1 aliphatic rings. The first-order chi connectivity index (χ1) is 11.6. The molecule has 0 bridgehead atoms. The molecule has 1 aromatic heterocycles. The third-order valence-corrected chi connectivity index (χ3v) is 3.76. The van der Waals surface area contributed by atoms with E-state index in [0.29, 0.717) is 22.2 Å². The van der Waals surface area contributed by atoms with Crippen LogP contribution in [0.1, 0.15) is 30.1 Å². The number of H-pyrrole nitrogens is 1. The second-order valence-electron chi connectivity index (χ2n) is 5.38. The minimum Gasteiger partial charge on any atom is -0.493 e. The molecule has 3 N–H and O–H groups in total. The van der Waals surface area contributed by atoms with Crippen LogP contribution < -0.4 is 15.2 Å². The summed E-state index contributed by atoms with van der Waals surface area (Å²) in [5.41, 5.74) is 5.87. The van der Waals surface area contributed by atoms with Crippen LogP contribution in [0, 0.1) is 4.77 Å². The van der Waals surface area contributed by atoms with Crippen LogP contribution >= 0.6 is 12.2 Å². The number of rotatable bonds is 7. The van der Waals surface area contributed by atoms with Crippen LogP contribution in [0.4, 0.5) is 0 Å². The Bertz CT molecular complexity index is 838. The largest absolute Gasteiger partial charge is 0.493 e. The summed E-state index contributed by atoms with van der Waals surface area (Å²) in [6.45, 7) is -0.210. The molecule has 9 heteroatoms. The van der Waals surface area contributed by atoms with Crippen LogP contribution in [0.15, 0.2) is 23.3 Å². The van der Waals surface area contributed by atoms with Crippen LogP contribution in [0.25, 0.3) is 0 Å². The van der Waals surface area contributed by atoms with E-state index < -0.39 is 5.91 Å². The van der Waals surface area contributed by atoms with Crippen molar-refractivity contribution in [2.45, 2.75) is 18.8 Å². The van der Waals surface area contributed by atoms with E-state index >= 15 is 0 Å². The Morgan fingerprint density at radius 1 is 1.54 bits per heavy atom. The van der Waals surface area contributed by atoms with Crippen molar-refractivity contribution < 1.29 is 14.3 Å². The number of amides is 1. The fourth-order valence-electron chi connectivity index (χ4n) is 2.18. The van der Waals surface area contributed by atoms with Crippen molar-refractivity contribution in [2.75, 3.05) is 13.7 Å². The molecule has 3 rings (SSSR count). The molecule has 1 fully saturated rings. The van der Waals surface area contributed by atoms with Crippen molar-refractivity contribution >= 4 is 24.3 Å². The maximum Gasteiger partial charge on any atom is 0.255 e. The summed E-state index contributed by atoms with van der Waals surface area (Å²) in [7, 11) is 1.52. The fourth-order valence-corrected chi connectivity index (χ4v) is 2.36. The summed E-state index contributed by atoms with van der Waals surface area (Å²) in [5, 5.41) is 11.4. The van der Waals surface area contributed by atoms with E-state index in [9.17, 15) is 4.79 Å². The van der Waals surface area contributed by atoms with E-state index in [4.69, 9.17) is 27.4 Å². The highest BCUT2D eigenvalue weighted by molar-refractivity contribution is 7.71. The molecule has 0 atom stereocenters. The zero-order valence-electron chi connectivity index (χ0n) is 13.1. The Kier molecular flexibility index (Phi) is 4.61. The van der Waals surface area contributed by atoms with Gasteiger partial charge in [0, 0.05) is 5.92 Å². The molecule has 126 valence electrons. The van der Waals surface area contributed by atoms with Gasteiger partial charge in [-0.3, -0.25) is 9.89 Å². The summed E-state index contributed by atoms with van der Waals surface area (Å²) in [6.07, 6.45) is 3.88. The van der Waals surface area contributed by atoms with E-state index in [-0.39, 0.29) is 6.61 Å². The molecule has 0 saturated heterocycles. The van der Waals surface area contributed by atoms with Gasteiger partial charge in [0.25, 0.3) is 5.91 Å². The molecule has 2 aromatic rings. The third kappa shape index (κ3) is 3.62. The first-order valence-electron chi connectivity index (χ1n) is 7.39. The Morgan fingerprint density at radius 2 is 2.33 bits per heavy atom. The van der Waals surface area contributed by atoms with E-state index in [1.807, 2.05) is 0 Å². The Morgan fingerprint density at radius 3 is 3.00 bits per heavy atom. The topological polar surface area (TPSA) is 108 Å². The minimum absolute atomic E-state index is 0.210. The normalized spacial score (nSPS) is 14.0. The molecule has 24 heavy (non-hydrogen) atoms. The molecule has 1 aliphatic carbocycles. The van der Waals surface area contributed by atoms with Crippen LogP contribution in [0.3, 0.4) is 0 Å². The SMILES string of the molecule is COc1cc(/C=N\n2c(C3CC3)n[nH]c2=S)ccc1OCC(N)=O. The lowest BCUT2D eigenvalue weighted by Crippen LogP contribution is -2.20. The molecule has 0 unspecified atom stereocenters. The predicted molar refractivity (Wildman–Crippen MR) is 90.1 cm³/mol. The van der Waals surface area contributed by atoms with Crippen molar-refractivity contribution in [3.63, 3.8) is 0 Å². The van der Waals surface area contributed by atoms with Gasteiger partial charge in [0.2, 0.25) is 4.77 Å². The molecule has 1 heterocycles. The number of carbonyl (C=O) groups excluding carboxylic acids is 1. The van der Waals surface area contributed by atoms with Gasteiger partial charge in [0.15, 0.2) is 23.9 Å². The Hall–Kier alpha value is -2.68. The van der Waals surface area contributed by atoms with Gasteiger partial charge in [0.05, 0.1) is 13.3 Å². The Labute approximate surface area is 143 Å². The monoisotopic (exact) mass is 347 g/mol. The van der Waals surface area contributed by atoms with Crippen molar-refractivity contribution in [1.29, 1.82) is 0 Å². The van der Waals surface area contributed by atoms with Crippen LogP contribution in [-0.4, -0.2) is 40.7 Å². The van der Waals surface area contributed by atoms with Gasteiger partial charge in [-0.15, -0.1) is 0 Å². The van der Waals surface area contributed by atoms with Gasteiger partial charge in [-0.05, 0) is 48.8 Å². The van der Waals surface area contributed by atoms with Gasteiger partial charge < -0.3 is 15.2 Å². The summed E-state index contributed by atoms with van der Waals surface area (Å²) in [5.74, 6) is 1.65. The van der Waals surface area contributed by atoms with Gasteiger partial charge in [-0.2, -0.15) is 14.9 Å². The number of methoxy groups -OCH3 is 1. The number of hydrogen-bond acceptors (Lipinski definition) is 6. The number of benzene rings is 1. The fraction of sp³-hybridized carbons (Fsp3) is 0.333. The average Bonchev–Trinajstić information content (AvgIpc) is 3.35. The van der Waals surface area contributed by atoms with Crippen molar-refractivity contribution in [1.82, 2.24) is 14.9 Å². The van der Waals surface area contributed by atoms with Crippen LogP contribution in [-0.2, 0) is 4.79 Å². The number of aromatic amines is 1. The summed E-state index contributed by atoms with van der Waals surface area (Å²) >= 11 is 5.21. The molecule has 8 nitrogen and oxygen atoms in total. The van der Waals surface area contributed by atoms with Gasteiger partial charge in [-0.25, -0.2) is 0 Å². The predicted octanol–water partition coefficient (Wildman–Crippen LogP) is 1.57. The number of nitrogens with one attached hydrogen (secondary N) is 1. The number of carbonyl (C=O) groups is 1. The molecule has 0 aliphatic heterocycles.